The molecule has 1 amide bonds. The van der Waals surface area contributed by atoms with Crippen LogP contribution in [0.2, 0.25) is 0 Å². The first-order chi connectivity index (χ1) is 16.8. The minimum atomic E-state index is -3.85. The second kappa shape index (κ2) is 8.99. The van der Waals surface area contributed by atoms with Gasteiger partial charge in [-0.1, -0.05) is 36.4 Å². The van der Waals surface area contributed by atoms with Gasteiger partial charge in [-0.05, 0) is 53.9 Å². The Kier molecular flexibility index (Phi) is 5.86. The number of hydrogen-bond acceptors (Lipinski definition) is 4. The number of nitrogens with zero attached hydrogens (tertiary/aromatic N) is 3. The molecule has 0 aliphatic carbocycles. The maximum absolute atomic E-state index is 13.5. The Labute approximate surface area is 202 Å². The molecule has 0 spiro atoms. The predicted molar refractivity (Wildman–Crippen MR) is 130 cm³/mol. The Morgan fingerprint density at radius 2 is 1.83 bits per heavy atom. The first-order valence-electron chi connectivity index (χ1n) is 11.1. The molecule has 2 heterocycles. The fraction of sp³-hybridized carbons (Fsp3) is 0.154. The van der Waals surface area contributed by atoms with Crippen molar-refractivity contribution in [2.24, 2.45) is 7.05 Å². The number of carbonyl (C=O) groups excluding carboxylic acids is 1. The van der Waals surface area contributed by atoms with E-state index in [2.05, 4.69) is 10.3 Å². The third-order valence-electron chi connectivity index (χ3n) is 6.12. The van der Waals surface area contributed by atoms with E-state index in [1.165, 1.54) is 28.6 Å². The molecule has 178 valence electrons. The number of nitrogens with one attached hydrogen (secondary N) is 1. The number of benzene rings is 3. The third kappa shape index (κ3) is 4.30. The van der Waals surface area contributed by atoms with Crippen LogP contribution < -0.4 is 9.62 Å². The SMILES string of the molecule is Cn1ccnc1C(NC(=O)c1cccc(S(=O)(=O)N2CCc3ccccc32)c1)c1ccc(F)cc1. The van der Waals surface area contributed by atoms with Gasteiger partial charge >= 0.3 is 0 Å². The van der Waals surface area contributed by atoms with Crippen molar-refractivity contribution < 1.29 is 17.6 Å². The van der Waals surface area contributed by atoms with Crippen molar-refractivity contribution in [3.63, 3.8) is 0 Å². The van der Waals surface area contributed by atoms with Crippen molar-refractivity contribution in [1.82, 2.24) is 14.9 Å². The van der Waals surface area contributed by atoms with E-state index in [0.29, 0.717) is 30.0 Å². The van der Waals surface area contributed by atoms with Crippen LogP contribution in [0.3, 0.4) is 0 Å². The lowest BCUT2D eigenvalue weighted by Crippen LogP contribution is -2.32. The molecule has 7 nitrogen and oxygen atoms in total. The van der Waals surface area contributed by atoms with Gasteiger partial charge in [-0.25, -0.2) is 17.8 Å². The number of aryl methyl sites for hydroxylation is 1. The highest BCUT2D eigenvalue weighted by atomic mass is 32.2. The van der Waals surface area contributed by atoms with Gasteiger partial charge in [0.25, 0.3) is 15.9 Å². The summed E-state index contributed by atoms with van der Waals surface area (Å²) >= 11 is 0. The molecule has 1 N–H and O–H groups in total. The van der Waals surface area contributed by atoms with Crippen LogP contribution in [-0.2, 0) is 23.5 Å². The van der Waals surface area contributed by atoms with Crippen LogP contribution in [-0.4, -0.2) is 30.4 Å². The molecule has 1 atom stereocenters. The minimum Gasteiger partial charge on any atom is -0.338 e. The Morgan fingerprint density at radius 3 is 2.57 bits per heavy atom. The number of aromatic nitrogens is 2. The summed E-state index contributed by atoms with van der Waals surface area (Å²) in [6.07, 6.45) is 4.00. The van der Waals surface area contributed by atoms with Crippen LogP contribution in [0.4, 0.5) is 10.1 Å². The van der Waals surface area contributed by atoms with Gasteiger partial charge in [-0.2, -0.15) is 0 Å². The average molecular weight is 491 g/mol. The summed E-state index contributed by atoms with van der Waals surface area (Å²) in [7, 11) is -2.05. The van der Waals surface area contributed by atoms with Gasteiger partial charge in [0.1, 0.15) is 17.7 Å². The summed E-state index contributed by atoms with van der Waals surface area (Å²) < 4.78 is 43.5. The first-order valence-corrected chi connectivity index (χ1v) is 12.5. The maximum Gasteiger partial charge on any atom is 0.264 e. The summed E-state index contributed by atoms with van der Waals surface area (Å²) in [4.78, 5) is 17.7. The largest absolute Gasteiger partial charge is 0.338 e. The number of halogens is 1. The number of carbonyl (C=O) groups is 1. The Morgan fingerprint density at radius 1 is 1.06 bits per heavy atom. The molecule has 1 aliphatic heterocycles. The van der Waals surface area contributed by atoms with Crippen LogP contribution in [0, 0.1) is 5.82 Å². The number of rotatable bonds is 6. The van der Waals surface area contributed by atoms with Gasteiger partial charge in [-0.15, -0.1) is 0 Å². The van der Waals surface area contributed by atoms with Crippen LogP contribution in [0.15, 0.2) is 90.1 Å². The minimum absolute atomic E-state index is 0.0391. The van der Waals surface area contributed by atoms with E-state index in [4.69, 9.17) is 0 Å². The fourth-order valence-corrected chi connectivity index (χ4v) is 5.85. The van der Waals surface area contributed by atoms with Gasteiger partial charge in [0.15, 0.2) is 0 Å². The van der Waals surface area contributed by atoms with Crippen molar-refractivity contribution in [2.75, 3.05) is 10.8 Å². The number of imidazole rings is 1. The number of fused-ring (bicyclic) bond motifs is 1. The highest BCUT2D eigenvalue weighted by Crippen LogP contribution is 2.33. The molecule has 0 saturated carbocycles. The lowest BCUT2D eigenvalue weighted by atomic mass is 10.1. The number of hydrogen-bond donors (Lipinski definition) is 1. The van der Waals surface area contributed by atoms with Crippen molar-refractivity contribution in [1.29, 1.82) is 0 Å². The summed E-state index contributed by atoms with van der Waals surface area (Å²) in [5.74, 6) is -0.302. The van der Waals surface area contributed by atoms with Crippen molar-refractivity contribution in [3.05, 3.63) is 114 Å². The molecule has 35 heavy (non-hydrogen) atoms. The van der Waals surface area contributed by atoms with Gasteiger partial charge in [0.2, 0.25) is 0 Å². The summed E-state index contributed by atoms with van der Waals surface area (Å²) in [5.41, 5.74) is 2.47. The zero-order chi connectivity index (χ0) is 24.6. The molecule has 1 aromatic heterocycles. The molecule has 5 rings (SSSR count). The normalized spacial score (nSPS) is 13.9. The van der Waals surface area contributed by atoms with Crippen molar-refractivity contribution in [2.45, 2.75) is 17.4 Å². The predicted octanol–water partition coefficient (Wildman–Crippen LogP) is 3.83. The molecular weight excluding hydrogens is 467 g/mol. The summed E-state index contributed by atoms with van der Waals surface area (Å²) in [5, 5.41) is 2.92. The molecule has 0 radical (unpaired) electrons. The van der Waals surface area contributed by atoms with Gasteiger partial charge < -0.3 is 9.88 Å². The van der Waals surface area contributed by atoms with E-state index in [9.17, 15) is 17.6 Å². The van der Waals surface area contributed by atoms with Crippen LogP contribution in [0.1, 0.15) is 33.4 Å². The summed E-state index contributed by atoms with van der Waals surface area (Å²) in [6.45, 7) is 0.351. The zero-order valence-corrected chi connectivity index (χ0v) is 19.7. The molecule has 4 aromatic rings. The number of amides is 1. The van der Waals surface area contributed by atoms with Gasteiger partial charge in [-0.3, -0.25) is 9.10 Å². The average Bonchev–Trinajstić information content (AvgIpc) is 3.50. The number of anilines is 1. The standard InChI is InChI=1S/C26H23FN4O3S/c1-30-16-14-28-25(30)24(19-9-11-21(27)12-10-19)29-26(32)20-6-4-7-22(17-20)35(33,34)31-15-13-18-5-2-3-8-23(18)31/h2-12,14,16-17,24H,13,15H2,1H3,(H,29,32). The molecule has 1 unspecified atom stereocenters. The van der Waals surface area contributed by atoms with Gasteiger partial charge in [0.05, 0.1) is 10.6 Å². The Bertz CT molecular complexity index is 1500. The zero-order valence-electron chi connectivity index (χ0n) is 18.9. The monoisotopic (exact) mass is 490 g/mol. The molecule has 1 aliphatic rings. The Balaban J connectivity index is 1.45. The smallest absolute Gasteiger partial charge is 0.264 e. The summed E-state index contributed by atoms with van der Waals surface area (Å²) in [6, 6.07) is 18.5. The third-order valence-corrected chi connectivity index (χ3v) is 7.93. The van der Waals surface area contributed by atoms with Crippen molar-refractivity contribution >= 4 is 21.6 Å². The number of para-hydroxylation sites is 1. The van der Waals surface area contributed by atoms with Crippen LogP contribution >= 0.6 is 0 Å². The second-order valence-electron chi connectivity index (χ2n) is 8.34. The van der Waals surface area contributed by atoms with E-state index in [-0.39, 0.29) is 16.3 Å². The van der Waals surface area contributed by atoms with E-state index in [1.807, 2.05) is 18.2 Å². The number of sulfonamides is 1. The Hall–Kier alpha value is -3.98. The fourth-order valence-electron chi connectivity index (χ4n) is 4.30. The molecule has 9 heteroatoms. The van der Waals surface area contributed by atoms with Crippen LogP contribution in [0.25, 0.3) is 0 Å². The van der Waals surface area contributed by atoms with E-state index >= 15 is 0 Å². The van der Waals surface area contributed by atoms with Crippen molar-refractivity contribution in [3.8, 4) is 0 Å². The topological polar surface area (TPSA) is 84.3 Å². The molecule has 0 saturated heterocycles. The molecule has 0 fully saturated rings. The first kappa shape index (κ1) is 22.8. The lowest BCUT2D eigenvalue weighted by molar-refractivity contribution is 0.0941. The highest BCUT2D eigenvalue weighted by molar-refractivity contribution is 7.92. The highest BCUT2D eigenvalue weighted by Gasteiger charge is 2.31. The molecule has 3 aromatic carbocycles. The lowest BCUT2D eigenvalue weighted by Gasteiger charge is -2.21. The van der Waals surface area contributed by atoms with E-state index in [1.54, 1.807) is 54.3 Å². The van der Waals surface area contributed by atoms with E-state index in [0.717, 1.165) is 5.56 Å². The molecular formula is C26H23FN4O3S. The second-order valence-corrected chi connectivity index (χ2v) is 10.2. The maximum atomic E-state index is 13.5. The molecule has 0 bridgehead atoms. The van der Waals surface area contributed by atoms with Gasteiger partial charge in [0, 0.05) is 31.5 Å². The quantitative estimate of drug-likeness (QED) is 0.445. The van der Waals surface area contributed by atoms with Crippen LogP contribution in [0.5, 0.6) is 0 Å². The van der Waals surface area contributed by atoms with E-state index < -0.39 is 22.0 Å².